The lowest BCUT2D eigenvalue weighted by Crippen LogP contribution is -2.26. The van der Waals surface area contributed by atoms with Crippen molar-refractivity contribution in [1.29, 1.82) is 0 Å². The Morgan fingerprint density at radius 1 is 0.800 bits per heavy atom. The number of nitrogens with one attached hydrogen (secondary N) is 2. The molecular formula is C23H18N4O3. The fraction of sp³-hybridized carbons (Fsp3) is 0.0435. The van der Waals surface area contributed by atoms with Crippen LogP contribution in [0, 0.1) is 0 Å². The van der Waals surface area contributed by atoms with Crippen molar-refractivity contribution in [1.82, 2.24) is 15.1 Å². The molecule has 7 nitrogen and oxygen atoms in total. The molecule has 7 heteroatoms. The Bertz CT molecular complexity index is 1300. The number of aromatic nitrogens is 2. The minimum atomic E-state index is -0.455. The quantitative estimate of drug-likeness (QED) is 0.553. The van der Waals surface area contributed by atoms with Crippen LogP contribution >= 0.6 is 0 Å². The monoisotopic (exact) mass is 398 g/mol. The van der Waals surface area contributed by atoms with Crippen LogP contribution in [0.2, 0.25) is 0 Å². The van der Waals surface area contributed by atoms with Gasteiger partial charge in [-0.05, 0) is 42.5 Å². The summed E-state index contributed by atoms with van der Waals surface area (Å²) in [6.07, 6.45) is 0. The number of anilines is 1. The van der Waals surface area contributed by atoms with Gasteiger partial charge >= 0.3 is 0 Å². The predicted octanol–water partition coefficient (Wildman–Crippen LogP) is 3.00. The van der Waals surface area contributed by atoms with Gasteiger partial charge in [0.05, 0.1) is 11.1 Å². The number of carbonyl (C=O) groups is 2. The summed E-state index contributed by atoms with van der Waals surface area (Å²) in [5.74, 6) is -0.668. The minimum absolute atomic E-state index is 0.129. The normalized spacial score (nSPS) is 10.6. The molecule has 4 rings (SSSR count). The fourth-order valence-electron chi connectivity index (χ4n) is 3.14. The van der Waals surface area contributed by atoms with Gasteiger partial charge in [-0.2, -0.15) is 9.78 Å². The summed E-state index contributed by atoms with van der Waals surface area (Å²) in [6.45, 7) is 0. The van der Waals surface area contributed by atoms with E-state index in [4.69, 9.17) is 0 Å². The molecule has 0 aliphatic rings. The first-order valence-corrected chi connectivity index (χ1v) is 9.29. The first-order valence-electron chi connectivity index (χ1n) is 9.29. The Hall–Kier alpha value is -4.26. The average Bonchev–Trinajstić information content (AvgIpc) is 2.80. The van der Waals surface area contributed by atoms with Gasteiger partial charge in [0.15, 0.2) is 5.69 Å². The maximum absolute atomic E-state index is 13.0. The topological polar surface area (TPSA) is 93.1 Å². The summed E-state index contributed by atoms with van der Waals surface area (Å²) in [7, 11) is 1.55. The number of benzene rings is 3. The van der Waals surface area contributed by atoms with Crippen LogP contribution in [0.3, 0.4) is 0 Å². The van der Waals surface area contributed by atoms with E-state index < -0.39 is 5.91 Å². The smallest absolute Gasteiger partial charge is 0.279 e. The molecule has 0 spiro atoms. The highest BCUT2D eigenvalue weighted by Crippen LogP contribution is 2.17. The van der Waals surface area contributed by atoms with E-state index >= 15 is 0 Å². The second-order valence-corrected chi connectivity index (χ2v) is 6.56. The Labute approximate surface area is 172 Å². The van der Waals surface area contributed by atoms with Crippen molar-refractivity contribution in [2.75, 3.05) is 12.4 Å². The van der Waals surface area contributed by atoms with Crippen LogP contribution in [0.25, 0.3) is 16.5 Å². The summed E-state index contributed by atoms with van der Waals surface area (Å²) in [4.78, 5) is 37.6. The molecule has 0 fully saturated rings. The number of amides is 2. The SMILES string of the molecule is CNC(=O)c1ccc(NC(=O)c2nn(-c3ccccc3)c(=O)c3ccccc23)cc1. The highest BCUT2D eigenvalue weighted by atomic mass is 16.2. The van der Waals surface area contributed by atoms with E-state index in [9.17, 15) is 14.4 Å². The molecule has 0 saturated heterocycles. The van der Waals surface area contributed by atoms with E-state index in [1.807, 2.05) is 6.07 Å². The van der Waals surface area contributed by atoms with Crippen LogP contribution in [0.1, 0.15) is 20.8 Å². The van der Waals surface area contributed by atoms with Crippen molar-refractivity contribution in [2.45, 2.75) is 0 Å². The number of hydrogen-bond acceptors (Lipinski definition) is 4. The van der Waals surface area contributed by atoms with Gasteiger partial charge < -0.3 is 10.6 Å². The van der Waals surface area contributed by atoms with E-state index in [1.165, 1.54) is 4.68 Å². The summed E-state index contributed by atoms with van der Waals surface area (Å²) < 4.78 is 1.23. The van der Waals surface area contributed by atoms with E-state index in [0.29, 0.717) is 27.7 Å². The van der Waals surface area contributed by atoms with Gasteiger partial charge in [0.25, 0.3) is 17.4 Å². The predicted molar refractivity (Wildman–Crippen MR) is 115 cm³/mol. The largest absolute Gasteiger partial charge is 0.355 e. The molecule has 1 heterocycles. The zero-order valence-corrected chi connectivity index (χ0v) is 16.1. The van der Waals surface area contributed by atoms with Crippen molar-refractivity contribution in [3.8, 4) is 5.69 Å². The van der Waals surface area contributed by atoms with Gasteiger partial charge in [-0.25, -0.2) is 0 Å². The molecule has 2 N–H and O–H groups in total. The highest BCUT2D eigenvalue weighted by molar-refractivity contribution is 6.11. The van der Waals surface area contributed by atoms with E-state index in [0.717, 1.165) is 0 Å². The number of para-hydroxylation sites is 1. The van der Waals surface area contributed by atoms with Crippen LogP contribution in [0.5, 0.6) is 0 Å². The van der Waals surface area contributed by atoms with Gasteiger partial charge in [0.2, 0.25) is 0 Å². The molecule has 0 bridgehead atoms. The summed E-state index contributed by atoms with van der Waals surface area (Å²) in [5, 5.41) is 10.6. The molecule has 148 valence electrons. The Kier molecular flexibility index (Phi) is 5.09. The zero-order chi connectivity index (χ0) is 21.1. The molecule has 30 heavy (non-hydrogen) atoms. The number of carbonyl (C=O) groups excluding carboxylic acids is 2. The van der Waals surface area contributed by atoms with Crippen LogP contribution < -0.4 is 16.2 Å². The Morgan fingerprint density at radius 2 is 1.43 bits per heavy atom. The summed E-state index contributed by atoms with van der Waals surface area (Å²) >= 11 is 0. The average molecular weight is 398 g/mol. The molecule has 0 aliphatic carbocycles. The first kappa shape index (κ1) is 19.1. The lowest BCUT2D eigenvalue weighted by Gasteiger charge is -2.11. The fourth-order valence-corrected chi connectivity index (χ4v) is 3.14. The number of hydrogen-bond donors (Lipinski definition) is 2. The van der Waals surface area contributed by atoms with Gasteiger partial charge in [-0.15, -0.1) is 0 Å². The second-order valence-electron chi connectivity index (χ2n) is 6.56. The zero-order valence-electron chi connectivity index (χ0n) is 16.1. The summed E-state index contributed by atoms with van der Waals surface area (Å²) in [5.41, 5.74) is 1.39. The number of rotatable bonds is 4. The second kappa shape index (κ2) is 8.00. The van der Waals surface area contributed by atoms with Crippen molar-refractivity contribution in [2.24, 2.45) is 0 Å². The van der Waals surface area contributed by atoms with Crippen LogP contribution in [0.4, 0.5) is 5.69 Å². The molecule has 0 radical (unpaired) electrons. The third-order valence-electron chi connectivity index (χ3n) is 4.65. The van der Waals surface area contributed by atoms with Crippen LogP contribution in [-0.4, -0.2) is 28.6 Å². The Morgan fingerprint density at radius 3 is 2.10 bits per heavy atom. The molecular weight excluding hydrogens is 380 g/mol. The first-order chi connectivity index (χ1) is 14.6. The molecule has 0 unspecified atom stereocenters. The Balaban J connectivity index is 1.76. The molecule has 3 aromatic carbocycles. The molecule has 0 aliphatic heterocycles. The van der Waals surface area contributed by atoms with Crippen molar-refractivity contribution in [3.05, 3.63) is 100 Å². The van der Waals surface area contributed by atoms with Gasteiger partial charge in [-0.1, -0.05) is 36.4 Å². The van der Waals surface area contributed by atoms with Crippen LogP contribution in [0.15, 0.2) is 83.7 Å². The van der Waals surface area contributed by atoms with E-state index in [1.54, 1.807) is 79.8 Å². The standard InChI is InChI=1S/C23H18N4O3/c1-24-21(28)15-11-13-16(14-12-15)25-22(29)20-18-9-5-6-10-19(18)23(30)27(26-20)17-7-3-2-4-8-17/h2-14H,1H3,(H,24,28)(H,25,29). The van der Waals surface area contributed by atoms with Crippen molar-refractivity contribution in [3.63, 3.8) is 0 Å². The molecule has 2 amide bonds. The number of fused-ring (bicyclic) bond motifs is 1. The van der Waals surface area contributed by atoms with E-state index in [-0.39, 0.29) is 17.2 Å². The molecule has 1 aromatic heterocycles. The number of nitrogens with zero attached hydrogens (tertiary/aromatic N) is 2. The third-order valence-corrected chi connectivity index (χ3v) is 4.65. The minimum Gasteiger partial charge on any atom is -0.355 e. The van der Waals surface area contributed by atoms with Gasteiger partial charge in [-0.3, -0.25) is 14.4 Å². The highest BCUT2D eigenvalue weighted by Gasteiger charge is 2.17. The maximum Gasteiger partial charge on any atom is 0.279 e. The van der Waals surface area contributed by atoms with Crippen molar-refractivity contribution < 1.29 is 9.59 Å². The maximum atomic E-state index is 13.0. The van der Waals surface area contributed by atoms with Crippen molar-refractivity contribution >= 4 is 28.3 Å². The summed E-state index contributed by atoms with van der Waals surface area (Å²) in [6, 6.07) is 22.3. The lowest BCUT2D eigenvalue weighted by molar-refractivity contribution is 0.0962. The van der Waals surface area contributed by atoms with Gasteiger partial charge in [0.1, 0.15) is 0 Å². The van der Waals surface area contributed by atoms with Crippen LogP contribution in [-0.2, 0) is 0 Å². The van der Waals surface area contributed by atoms with Gasteiger partial charge in [0, 0.05) is 23.7 Å². The molecule has 0 atom stereocenters. The molecule has 4 aromatic rings. The third kappa shape index (κ3) is 3.56. The lowest BCUT2D eigenvalue weighted by atomic mass is 10.1. The molecule has 0 saturated carbocycles. The van der Waals surface area contributed by atoms with E-state index in [2.05, 4.69) is 15.7 Å².